The molecule has 1 unspecified atom stereocenters. The number of nitrogens with two attached hydrogens (primary N) is 1. The Morgan fingerprint density at radius 2 is 2.07 bits per heavy atom. The van der Waals surface area contributed by atoms with Crippen molar-refractivity contribution in [3.8, 4) is 5.69 Å². The van der Waals surface area contributed by atoms with E-state index in [1.54, 1.807) is 17.1 Å². The normalized spacial score (nSPS) is 15.9. The van der Waals surface area contributed by atoms with E-state index >= 15 is 0 Å². The maximum Gasteiger partial charge on any atom is 0.254 e. The Bertz CT molecular complexity index is 756. The van der Waals surface area contributed by atoms with Crippen LogP contribution in [0, 0.1) is 0 Å². The van der Waals surface area contributed by atoms with Crippen molar-refractivity contribution in [2.75, 3.05) is 19.6 Å². The maximum atomic E-state index is 13.1. The molecule has 0 saturated carbocycles. The number of nitrogens with zero attached hydrogens (tertiary/aromatic N) is 4. The highest BCUT2D eigenvalue weighted by molar-refractivity contribution is 5.95. The summed E-state index contributed by atoms with van der Waals surface area (Å²) in [7, 11) is 0. The van der Waals surface area contributed by atoms with Gasteiger partial charge in [0.1, 0.15) is 12.7 Å². The number of aromatic nitrogens is 3. The number of nitrogens with one attached hydrogen (secondary N) is 1. The van der Waals surface area contributed by atoms with Gasteiger partial charge in [-0.1, -0.05) is 6.07 Å². The first-order valence-electron chi connectivity index (χ1n) is 8.92. The number of piperidine rings is 1. The smallest absolute Gasteiger partial charge is 0.254 e. The molecule has 2 aromatic rings. The fraction of sp³-hybridized carbons (Fsp3) is 0.444. The Balaban J connectivity index is 0.00000196. The summed E-state index contributed by atoms with van der Waals surface area (Å²) in [6.07, 6.45) is 6.28. The van der Waals surface area contributed by atoms with Gasteiger partial charge in [-0.3, -0.25) is 9.59 Å². The van der Waals surface area contributed by atoms with Crippen LogP contribution in [-0.2, 0) is 4.79 Å². The van der Waals surface area contributed by atoms with Crippen LogP contribution in [0.1, 0.15) is 36.0 Å². The summed E-state index contributed by atoms with van der Waals surface area (Å²) in [6.45, 7) is 1.49. The number of amides is 2. The van der Waals surface area contributed by atoms with Crippen molar-refractivity contribution < 1.29 is 9.59 Å². The highest BCUT2D eigenvalue weighted by Gasteiger charge is 2.27. The first-order valence-corrected chi connectivity index (χ1v) is 8.92. The number of halogens is 2. The molecule has 8 nitrogen and oxygen atoms in total. The van der Waals surface area contributed by atoms with E-state index in [9.17, 15) is 9.59 Å². The van der Waals surface area contributed by atoms with Gasteiger partial charge in [0.25, 0.3) is 5.91 Å². The molecule has 0 spiro atoms. The van der Waals surface area contributed by atoms with Gasteiger partial charge in [0.2, 0.25) is 5.91 Å². The lowest BCUT2D eigenvalue weighted by Crippen LogP contribution is -2.49. The van der Waals surface area contributed by atoms with Crippen LogP contribution >= 0.6 is 24.8 Å². The van der Waals surface area contributed by atoms with E-state index in [2.05, 4.69) is 15.4 Å². The molecule has 1 aromatic heterocycles. The second kappa shape index (κ2) is 11.6. The van der Waals surface area contributed by atoms with E-state index in [1.807, 2.05) is 23.1 Å². The number of carbonyl (C=O) groups is 2. The molecule has 1 atom stereocenters. The fourth-order valence-electron chi connectivity index (χ4n) is 3.22. The third-order valence-corrected chi connectivity index (χ3v) is 4.57. The molecule has 0 bridgehead atoms. The quantitative estimate of drug-likeness (QED) is 0.725. The minimum Gasteiger partial charge on any atom is -0.354 e. The van der Waals surface area contributed by atoms with Crippen molar-refractivity contribution in [1.82, 2.24) is 25.0 Å². The van der Waals surface area contributed by atoms with E-state index in [1.165, 1.54) is 6.33 Å². The maximum absolute atomic E-state index is 13.1. The van der Waals surface area contributed by atoms with Crippen LogP contribution in [0.2, 0.25) is 0 Å². The molecule has 0 aliphatic carbocycles. The average molecular weight is 429 g/mol. The van der Waals surface area contributed by atoms with E-state index in [-0.39, 0.29) is 42.7 Å². The van der Waals surface area contributed by atoms with E-state index in [0.29, 0.717) is 31.6 Å². The molecule has 0 radical (unpaired) electrons. The second-order valence-corrected chi connectivity index (χ2v) is 6.38. The lowest BCUT2D eigenvalue weighted by molar-refractivity contribution is -0.121. The van der Waals surface area contributed by atoms with Crippen molar-refractivity contribution in [3.63, 3.8) is 0 Å². The molecule has 1 fully saturated rings. The molecule has 3 N–H and O–H groups in total. The van der Waals surface area contributed by atoms with Crippen LogP contribution in [0.25, 0.3) is 5.69 Å². The topological polar surface area (TPSA) is 106 Å². The summed E-state index contributed by atoms with van der Waals surface area (Å²) in [4.78, 5) is 30.6. The minimum atomic E-state index is -0.0707. The summed E-state index contributed by atoms with van der Waals surface area (Å²) < 4.78 is 1.62. The third-order valence-electron chi connectivity index (χ3n) is 4.57. The van der Waals surface area contributed by atoms with Gasteiger partial charge in [-0.15, -0.1) is 24.8 Å². The molecule has 28 heavy (non-hydrogen) atoms. The zero-order valence-corrected chi connectivity index (χ0v) is 17.1. The molecule has 2 heterocycles. The van der Waals surface area contributed by atoms with Gasteiger partial charge in [0.15, 0.2) is 0 Å². The molecule has 2 amide bonds. The third kappa shape index (κ3) is 5.92. The molecule has 1 aliphatic rings. The van der Waals surface area contributed by atoms with Gasteiger partial charge < -0.3 is 16.0 Å². The van der Waals surface area contributed by atoms with E-state index in [0.717, 1.165) is 24.9 Å². The largest absolute Gasteiger partial charge is 0.354 e. The first-order chi connectivity index (χ1) is 12.7. The molecule has 1 aliphatic heterocycles. The molecule has 1 aromatic carbocycles. The van der Waals surface area contributed by atoms with Gasteiger partial charge >= 0.3 is 0 Å². The SMILES string of the molecule is Cl.Cl.NCCC(=O)NCC1CCCCN1C(=O)c1cccc(-n2cncn2)c1. The van der Waals surface area contributed by atoms with Crippen LogP contribution in [0.3, 0.4) is 0 Å². The predicted molar refractivity (Wildman–Crippen MR) is 111 cm³/mol. The number of hydrogen-bond donors (Lipinski definition) is 2. The van der Waals surface area contributed by atoms with Crippen molar-refractivity contribution in [3.05, 3.63) is 42.5 Å². The number of hydrogen-bond acceptors (Lipinski definition) is 5. The monoisotopic (exact) mass is 428 g/mol. The molecule has 154 valence electrons. The minimum absolute atomic E-state index is 0. The van der Waals surface area contributed by atoms with Crippen LogP contribution in [0.5, 0.6) is 0 Å². The average Bonchev–Trinajstić information content (AvgIpc) is 3.21. The highest BCUT2D eigenvalue weighted by atomic mass is 35.5. The number of benzene rings is 1. The summed E-state index contributed by atoms with van der Waals surface area (Å²) in [5.74, 6) is -0.0941. The molecular weight excluding hydrogens is 403 g/mol. The zero-order chi connectivity index (χ0) is 18.4. The number of carbonyl (C=O) groups excluding carboxylic acids is 2. The van der Waals surface area contributed by atoms with E-state index < -0.39 is 0 Å². The molecule has 10 heteroatoms. The lowest BCUT2D eigenvalue weighted by Gasteiger charge is -2.36. The molecular formula is C18H26Cl2N6O2. The van der Waals surface area contributed by atoms with Crippen LogP contribution in [0.15, 0.2) is 36.9 Å². The van der Waals surface area contributed by atoms with Crippen LogP contribution in [0.4, 0.5) is 0 Å². The second-order valence-electron chi connectivity index (χ2n) is 6.38. The van der Waals surface area contributed by atoms with Crippen LogP contribution in [-0.4, -0.2) is 57.2 Å². The molecule has 3 rings (SSSR count). The number of likely N-dealkylation sites (tertiary alicyclic amines) is 1. The van der Waals surface area contributed by atoms with E-state index in [4.69, 9.17) is 5.73 Å². The molecule has 1 saturated heterocycles. The summed E-state index contributed by atoms with van der Waals surface area (Å²) in [6, 6.07) is 7.35. The fourth-order valence-corrected chi connectivity index (χ4v) is 3.22. The van der Waals surface area contributed by atoms with Gasteiger partial charge in [-0.2, -0.15) is 5.10 Å². The Hall–Kier alpha value is -2.16. The Morgan fingerprint density at radius 1 is 1.25 bits per heavy atom. The summed E-state index contributed by atoms with van der Waals surface area (Å²) in [5.41, 5.74) is 6.81. The highest BCUT2D eigenvalue weighted by Crippen LogP contribution is 2.20. The zero-order valence-electron chi connectivity index (χ0n) is 15.5. The van der Waals surface area contributed by atoms with Crippen molar-refractivity contribution in [2.24, 2.45) is 5.73 Å². The first kappa shape index (κ1) is 23.9. The van der Waals surface area contributed by atoms with Gasteiger partial charge in [0.05, 0.1) is 5.69 Å². The number of rotatable bonds is 6. The van der Waals surface area contributed by atoms with Gasteiger partial charge in [-0.05, 0) is 37.5 Å². The van der Waals surface area contributed by atoms with Gasteiger partial charge in [0, 0.05) is 37.7 Å². The Morgan fingerprint density at radius 3 is 2.79 bits per heavy atom. The lowest BCUT2D eigenvalue weighted by atomic mass is 10.0. The van der Waals surface area contributed by atoms with Crippen molar-refractivity contribution >= 4 is 36.6 Å². The summed E-state index contributed by atoms with van der Waals surface area (Å²) in [5, 5.41) is 6.99. The Kier molecular flexibility index (Phi) is 9.92. The van der Waals surface area contributed by atoms with Crippen LogP contribution < -0.4 is 11.1 Å². The predicted octanol–water partition coefficient (Wildman–Crippen LogP) is 1.57. The van der Waals surface area contributed by atoms with Gasteiger partial charge in [-0.25, -0.2) is 9.67 Å². The summed E-state index contributed by atoms with van der Waals surface area (Å²) >= 11 is 0. The Labute approximate surface area is 176 Å². The van der Waals surface area contributed by atoms with Crippen molar-refractivity contribution in [2.45, 2.75) is 31.7 Å². The van der Waals surface area contributed by atoms with Crippen molar-refractivity contribution in [1.29, 1.82) is 0 Å². The standard InChI is InChI=1S/C18H24N6O2.2ClH/c19-8-7-17(25)21-11-16-5-1-2-9-23(16)18(26)14-4-3-6-15(10-14)24-13-20-12-22-24;;/h3-4,6,10,12-13,16H,1-2,5,7-9,11,19H2,(H,21,25);2*1H.